The molecule has 1 heterocycles. The molecule has 2 amide bonds. The monoisotopic (exact) mass is 388 g/mol. The maximum atomic E-state index is 13.1. The van der Waals surface area contributed by atoms with Gasteiger partial charge in [-0.15, -0.1) is 0 Å². The summed E-state index contributed by atoms with van der Waals surface area (Å²) in [6.07, 6.45) is 0.714. The Hall–Kier alpha value is -2.40. The van der Waals surface area contributed by atoms with Crippen molar-refractivity contribution in [3.05, 3.63) is 70.5 Å². The molecule has 0 aliphatic carbocycles. The number of nitrogens with zero attached hydrogens (tertiary/aromatic N) is 2. The van der Waals surface area contributed by atoms with Crippen molar-refractivity contribution in [2.24, 2.45) is 0 Å². The summed E-state index contributed by atoms with van der Waals surface area (Å²) < 4.78 is 13.1. The quantitative estimate of drug-likeness (QED) is 0.798. The summed E-state index contributed by atoms with van der Waals surface area (Å²) in [6, 6.07) is 12.9. The van der Waals surface area contributed by atoms with E-state index in [9.17, 15) is 14.0 Å². The maximum Gasteiger partial charge on any atom is 0.253 e. The van der Waals surface area contributed by atoms with Gasteiger partial charge in [0.05, 0.1) is 5.92 Å². The van der Waals surface area contributed by atoms with Crippen LogP contribution in [0.15, 0.2) is 48.5 Å². The number of carbonyl (C=O) groups excluding carboxylic acids is 2. The second kappa shape index (κ2) is 8.53. The molecule has 1 fully saturated rings. The van der Waals surface area contributed by atoms with Gasteiger partial charge in [-0.2, -0.15) is 0 Å². The third-order valence-corrected chi connectivity index (χ3v) is 5.18. The number of hydrogen-bond donors (Lipinski definition) is 0. The summed E-state index contributed by atoms with van der Waals surface area (Å²) in [5.41, 5.74) is 1.39. The first kappa shape index (κ1) is 19.4. The predicted octanol–water partition coefficient (Wildman–Crippen LogP) is 3.96. The Bertz CT molecular complexity index is 808. The van der Waals surface area contributed by atoms with Gasteiger partial charge >= 0.3 is 0 Å². The molecule has 2 aromatic carbocycles. The Morgan fingerprint density at radius 1 is 0.926 bits per heavy atom. The minimum Gasteiger partial charge on any atom is -0.340 e. The summed E-state index contributed by atoms with van der Waals surface area (Å²) in [4.78, 5) is 29.0. The topological polar surface area (TPSA) is 40.6 Å². The number of amides is 2. The lowest BCUT2D eigenvalue weighted by molar-refractivity contribution is -0.132. The van der Waals surface area contributed by atoms with Crippen LogP contribution in [0.2, 0.25) is 5.02 Å². The molecule has 0 radical (unpaired) electrons. The van der Waals surface area contributed by atoms with E-state index < -0.39 is 0 Å². The van der Waals surface area contributed by atoms with E-state index in [-0.39, 0.29) is 23.5 Å². The van der Waals surface area contributed by atoms with E-state index in [1.165, 1.54) is 24.3 Å². The van der Waals surface area contributed by atoms with E-state index in [1.54, 1.807) is 17.0 Å². The van der Waals surface area contributed by atoms with E-state index in [2.05, 4.69) is 0 Å². The summed E-state index contributed by atoms with van der Waals surface area (Å²) in [5, 5.41) is 0.642. The maximum absolute atomic E-state index is 13.1. The minimum absolute atomic E-state index is 0.0494. The molecule has 27 heavy (non-hydrogen) atoms. The van der Waals surface area contributed by atoms with E-state index in [0.29, 0.717) is 43.2 Å². The Morgan fingerprint density at radius 3 is 2.19 bits per heavy atom. The third kappa shape index (κ3) is 4.66. The van der Waals surface area contributed by atoms with Crippen molar-refractivity contribution in [3.63, 3.8) is 0 Å². The first-order valence-electron chi connectivity index (χ1n) is 9.05. The summed E-state index contributed by atoms with van der Waals surface area (Å²) in [6.45, 7) is 4.04. The Morgan fingerprint density at radius 2 is 1.52 bits per heavy atom. The lowest BCUT2D eigenvalue weighted by Crippen LogP contribution is -2.39. The van der Waals surface area contributed by atoms with Crippen molar-refractivity contribution in [1.82, 2.24) is 9.80 Å². The summed E-state index contributed by atoms with van der Waals surface area (Å²) in [5.74, 6) is -0.708. The molecule has 1 saturated heterocycles. The van der Waals surface area contributed by atoms with Crippen molar-refractivity contribution in [2.75, 3.05) is 26.2 Å². The molecule has 0 aromatic heterocycles. The van der Waals surface area contributed by atoms with Crippen LogP contribution < -0.4 is 0 Å². The molecular weight excluding hydrogens is 367 g/mol. The van der Waals surface area contributed by atoms with Crippen LogP contribution >= 0.6 is 11.6 Å². The van der Waals surface area contributed by atoms with Crippen LogP contribution in [0, 0.1) is 5.82 Å². The van der Waals surface area contributed by atoms with Crippen molar-refractivity contribution < 1.29 is 14.0 Å². The average Bonchev–Trinajstić information content (AvgIpc) is 2.94. The van der Waals surface area contributed by atoms with Gasteiger partial charge in [-0.25, -0.2) is 4.39 Å². The fraction of sp³-hybridized carbons (Fsp3) is 0.333. The second-order valence-corrected chi connectivity index (χ2v) is 7.19. The molecule has 142 valence electrons. The molecule has 0 N–H and O–H groups in total. The SMILES string of the molecule is CC(C(=O)N1CCCN(C(=O)c2ccc(F)cc2)CC1)c1ccc(Cl)cc1. The zero-order valence-electron chi connectivity index (χ0n) is 15.2. The molecule has 1 atom stereocenters. The van der Waals surface area contributed by atoms with Crippen LogP contribution in [0.5, 0.6) is 0 Å². The van der Waals surface area contributed by atoms with Crippen LogP contribution in [0.4, 0.5) is 4.39 Å². The van der Waals surface area contributed by atoms with Crippen molar-refractivity contribution in [3.8, 4) is 0 Å². The lowest BCUT2D eigenvalue weighted by Gasteiger charge is -2.25. The predicted molar refractivity (Wildman–Crippen MR) is 103 cm³/mol. The summed E-state index contributed by atoms with van der Waals surface area (Å²) >= 11 is 5.92. The number of rotatable bonds is 3. The van der Waals surface area contributed by atoms with Crippen LogP contribution in [0.25, 0.3) is 0 Å². The largest absolute Gasteiger partial charge is 0.340 e. The Balaban J connectivity index is 1.63. The highest BCUT2D eigenvalue weighted by molar-refractivity contribution is 6.30. The first-order valence-corrected chi connectivity index (χ1v) is 9.42. The summed E-state index contributed by atoms with van der Waals surface area (Å²) in [7, 11) is 0. The first-order chi connectivity index (χ1) is 13.0. The minimum atomic E-state index is -0.365. The van der Waals surface area contributed by atoms with Gasteiger partial charge in [0.2, 0.25) is 5.91 Å². The number of halogens is 2. The molecule has 2 aromatic rings. The molecule has 6 heteroatoms. The third-order valence-electron chi connectivity index (χ3n) is 4.93. The standard InChI is InChI=1S/C21H22ClFN2O2/c1-15(16-3-7-18(22)8-4-16)20(26)24-11-2-12-25(14-13-24)21(27)17-5-9-19(23)10-6-17/h3-10,15H,2,11-14H2,1H3. The van der Waals surface area contributed by atoms with Crippen LogP contribution in [0.3, 0.4) is 0 Å². The van der Waals surface area contributed by atoms with Gasteiger partial charge in [-0.05, 0) is 55.3 Å². The van der Waals surface area contributed by atoms with Gasteiger partial charge in [0.15, 0.2) is 0 Å². The molecule has 1 aliphatic heterocycles. The Labute approximate surface area is 163 Å². The van der Waals surface area contributed by atoms with Crippen LogP contribution in [-0.4, -0.2) is 47.8 Å². The molecule has 1 aliphatic rings. The normalized spacial score (nSPS) is 16.0. The lowest BCUT2D eigenvalue weighted by atomic mass is 10.00. The highest BCUT2D eigenvalue weighted by Gasteiger charge is 2.26. The molecule has 4 nitrogen and oxygen atoms in total. The highest BCUT2D eigenvalue weighted by atomic mass is 35.5. The molecule has 1 unspecified atom stereocenters. The molecule has 0 saturated carbocycles. The van der Waals surface area contributed by atoms with E-state index in [1.807, 2.05) is 24.0 Å². The molecule has 0 bridgehead atoms. The van der Waals surface area contributed by atoms with E-state index in [4.69, 9.17) is 11.6 Å². The zero-order valence-corrected chi connectivity index (χ0v) is 16.0. The average molecular weight is 389 g/mol. The van der Waals surface area contributed by atoms with Gasteiger partial charge in [-0.1, -0.05) is 23.7 Å². The number of benzene rings is 2. The van der Waals surface area contributed by atoms with Gasteiger partial charge in [-0.3, -0.25) is 9.59 Å². The van der Waals surface area contributed by atoms with Gasteiger partial charge < -0.3 is 9.80 Å². The highest BCUT2D eigenvalue weighted by Crippen LogP contribution is 2.21. The fourth-order valence-electron chi connectivity index (χ4n) is 3.28. The van der Waals surface area contributed by atoms with E-state index in [0.717, 1.165) is 5.56 Å². The fourth-order valence-corrected chi connectivity index (χ4v) is 3.41. The van der Waals surface area contributed by atoms with Crippen molar-refractivity contribution >= 4 is 23.4 Å². The van der Waals surface area contributed by atoms with Crippen LogP contribution in [-0.2, 0) is 4.79 Å². The Kier molecular flexibility index (Phi) is 6.11. The van der Waals surface area contributed by atoms with E-state index >= 15 is 0 Å². The van der Waals surface area contributed by atoms with Crippen molar-refractivity contribution in [1.29, 1.82) is 0 Å². The van der Waals surface area contributed by atoms with Gasteiger partial charge in [0.25, 0.3) is 5.91 Å². The second-order valence-electron chi connectivity index (χ2n) is 6.75. The number of hydrogen-bond acceptors (Lipinski definition) is 2. The smallest absolute Gasteiger partial charge is 0.253 e. The van der Waals surface area contributed by atoms with Crippen LogP contribution in [0.1, 0.15) is 35.2 Å². The zero-order chi connectivity index (χ0) is 19.4. The molecular formula is C21H22ClFN2O2. The molecule has 0 spiro atoms. The van der Waals surface area contributed by atoms with Gasteiger partial charge in [0, 0.05) is 36.8 Å². The van der Waals surface area contributed by atoms with Crippen molar-refractivity contribution in [2.45, 2.75) is 19.3 Å². The molecule has 3 rings (SSSR count). The number of carbonyl (C=O) groups is 2. The van der Waals surface area contributed by atoms with Gasteiger partial charge in [0.1, 0.15) is 5.82 Å².